The molecule has 9 rings (SSSR count). The lowest BCUT2D eigenvalue weighted by Gasteiger charge is -2.18. The maximum atomic E-state index is 5.71. The first kappa shape index (κ1) is 37.7. The molecule has 0 aliphatic carbocycles. The van der Waals surface area contributed by atoms with Gasteiger partial charge in [0, 0.05) is 22.8 Å². The molecule has 9 aromatic rings. The molecular weight excluding hydrogens is 745 g/mol. The molecular formula is C52H40N4O4. The van der Waals surface area contributed by atoms with E-state index in [-0.39, 0.29) is 0 Å². The van der Waals surface area contributed by atoms with Gasteiger partial charge in [0.1, 0.15) is 34.4 Å². The van der Waals surface area contributed by atoms with Crippen LogP contribution in [-0.4, -0.2) is 48.4 Å². The predicted octanol–water partition coefficient (Wildman–Crippen LogP) is 9.44. The van der Waals surface area contributed by atoms with Crippen LogP contribution in [0.5, 0.6) is 23.0 Å². The van der Waals surface area contributed by atoms with E-state index in [4.69, 9.17) is 38.9 Å². The van der Waals surface area contributed by atoms with Crippen molar-refractivity contribution >= 4 is 33.0 Å². The molecule has 0 saturated carbocycles. The van der Waals surface area contributed by atoms with Crippen molar-refractivity contribution in [3.8, 4) is 45.8 Å². The first-order valence-corrected chi connectivity index (χ1v) is 19.5. The number of nitrogens with zero attached hydrogens (tertiary/aromatic N) is 4. The molecule has 292 valence electrons. The fraction of sp³-hybridized carbons (Fsp3) is 0.0769. The van der Waals surface area contributed by atoms with Crippen molar-refractivity contribution in [2.75, 3.05) is 28.4 Å². The van der Waals surface area contributed by atoms with Crippen molar-refractivity contribution in [3.63, 3.8) is 0 Å². The molecule has 0 amide bonds. The molecule has 8 heteroatoms. The lowest BCUT2D eigenvalue weighted by molar-refractivity contribution is 0.414. The molecule has 0 bridgehead atoms. The molecule has 0 radical (unpaired) electrons. The summed E-state index contributed by atoms with van der Waals surface area (Å²) in [6.45, 7) is 0. The minimum Gasteiger partial charge on any atom is -0.497 e. The van der Waals surface area contributed by atoms with Crippen LogP contribution in [0.25, 0.3) is 55.7 Å². The van der Waals surface area contributed by atoms with Gasteiger partial charge in [-0.15, -0.1) is 0 Å². The van der Waals surface area contributed by atoms with Gasteiger partial charge < -0.3 is 18.9 Å². The highest BCUT2D eigenvalue weighted by molar-refractivity contribution is 6.05. The number of hydrogen-bond acceptors (Lipinski definition) is 8. The number of benzene rings is 6. The summed E-state index contributed by atoms with van der Waals surface area (Å²) in [6.07, 6.45) is 3.56. The summed E-state index contributed by atoms with van der Waals surface area (Å²) in [5, 5.41) is 3.82. The van der Waals surface area contributed by atoms with Crippen LogP contribution >= 0.6 is 0 Å². The van der Waals surface area contributed by atoms with Gasteiger partial charge in [-0.25, -0.2) is 9.97 Å². The maximum absolute atomic E-state index is 5.71. The summed E-state index contributed by atoms with van der Waals surface area (Å²) >= 11 is 0. The first-order chi connectivity index (χ1) is 29.6. The number of methoxy groups -OCH3 is 4. The highest BCUT2D eigenvalue weighted by Crippen LogP contribution is 2.33. The van der Waals surface area contributed by atoms with Crippen LogP contribution in [0.2, 0.25) is 0 Å². The SMILES string of the molecule is COc1ccc(C(c2ccc(OC)cc2)=c2c3ccccc3c(=C(c3ccc(OC)cc3)c3ccc(OC)cc3)c3nc(-c4ccccn4)c(-c4ccccn4)nc23)cc1. The molecule has 0 fully saturated rings. The molecule has 3 heterocycles. The molecule has 0 aliphatic heterocycles. The zero-order valence-electron chi connectivity index (χ0n) is 33.6. The standard InChI is InChI=1S/C52H40N4O4/c1-57-37-23-15-33(16-24-37)45(34-17-25-38(58-2)26-18-34)47-41-11-5-6-12-42(41)48(46(35-19-27-39(59-3)28-20-35)36-21-29-40(60-4)30-22-36)52-51(47)55-49(43-13-7-9-31-53-43)50(56-52)44-14-8-10-32-54-44/h5-32H,1-4H3. The number of ether oxygens (including phenoxy) is 4. The molecule has 0 N–H and O–H groups in total. The summed E-state index contributed by atoms with van der Waals surface area (Å²) < 4.78 is 22.5. The van der Waals surface area contributed by atoms with Gasteiger partial charge in [0.2, 0.25) is 0 Å². The highest BCUT2D eigenvalue weighted by Gasteiger charge is 2.23. The zero-order valence-corrected chi connectivity index (χ0v) is 33.6. The average Bonchev–Trinajstić information content (AvgIpc) is 3.33. The van der Waals surface area contributed by atoms with E-state index in [1.54, 1.807) is 40.8 Å². The van der Waals surface area contributed by atoms with Crippen LogP contribution in [0.4, 0.5) is 0 Å². The lowest BCUT2D eigenvalue weighted by Crippen LogP contribution is -2.23. The number of pyridine rings is 2. The van der Waals surface area contributed by atoms with Gasteiger partial charge in [0.05, 0.1) is 50.9 Å². The Morgan fingerprint density at radius 2 is 0.650 bits per heavy atom. The van der Waals surface area contributed by atoms with Crippen LogP contribution in [0.1, 0.15) is 22.3 Å². The summed E-state index contributed by atoms with van der Waals surface area (Å²) in [5.74, 6) is 3.03. The Kier molecular flexibility index (Phi) is 10.4. The largest absolute Gasteiger partial charge is 0.497 e. The Hall–Kier alpha value is -7.84. The second kappa shape index (κ2) is 16.6. The molecule has 60 heavy (non-hydrogen) atoms. The molecule has 3 aromatic heterocycles. The second-order valence-corrected chi connectivity index (χ2v) is 14.0. The Balaban J connectivity index is 1.60. The number of aromatic nitrogens is 4. The smallest absolute Gasteiger partial charge is 0.118 e. The highest BCUT2D eigenvalue weighted by atomic mass is 16.5. The van der Waals surface area contributed by atoms with E-state index >= 15 is 0 Å². The van der Waals surface area contributed by atoms with Gasteiger partial charge in [0.15, 0.2) is 0 Å². The molecule has 0 unspecified atom stereocenters. The fourth-order valence-electron chi connectivity index (χ4n) is 7.77. The normalized spacial score (nSPS) is 11.0. The van der Waals surface area contributed by atoms with E-state index < -0.39 is 0 Å². The van der Waals surface area contributed by atoms with Gasteiger partial charge in [-0.1, -0.05) is 84.9 Å². The van der Waals surface area contributed by atoms with Gasteiger partial charge in [-0.05, 0) is 117 Å². The van der Waals surface area contributed by atoms with E-state index in [0.717, 1.165) is 77.6 Å². The van der Waals surface area contributed by atoms with E-state index in [1.165, 1.54) is 0 Å². The lowest BCUT2D eigenvalue weighted by atomic mass is 9.88. The average molecular weight is 785 g/mol. The third-order valence-corrected chi connectivity index (χ3v) is 10.7. The van der Waals surface area contributed by atoms with Gasteiger partial charge in [0.25, 0.3) is 0 Å². The van der Waals surface area contributed by atoms with E-state index in [9.17, 15) is 0 Å². The van der Waals surface area contributed by atoms with E-state index in [0.29, 0.717) is 33.8 Å². The van der Waals surface area contributed by atoms with Crippen LogP contribution in [0.15, 0.2) is 170 Å². The maximum Gasteiger partial charge on any atom is 0.118 e. The summed E-state index contributed by atoms with van der Waals surface area (Å²) in [6, 6.07) is 52.8. The zero-order chi connectivity index (χ0) is 41.0. The Morgan fingerprint density at radius 3 is 0.917 bits per heavy atom. The Labute approximate surface area is 347 Å². The summed E-state index contributed by atoms with van der Waals surface area (Å²) in [5.41, 5.74) is 9.83. The summed E-state index contributed by atoms with van der Waals surface area (Å²) in [4.78, 5) is 21.1. The predicted molar refractivity (Wildman–Crippen MR) is 238 cm³/mol. The van der Waals surface area contributed by atoms with E-state index in [2.05, 4.69) is 72.8 Å². The molecule has 8 nitrogen and oxygen atoms in total. The van der Waals surface area contributed by atoms with Crippen molar-refractivity contribution in [2.45, 2.75) is 0 Å². The number of hydrogen-bond donors (Lipinski definition) is 0. The molecule has 0 aliphatic rings. The van der Waals surface area contributed by atoms with Crippen LogP contribution in [0.3, 0.4) is 0 Å². The van der Waals surface area contributed by atoms with Crippen molar-refractivity contribution in [3.05, 3.63) is 203 Å². The van der Waals surface area contributed by atoms with Crippen LogP contribution < -0.4 is 29.4 Å². The third kappa shape index (κ3) is 7.05. The molecule has 0 saturated heterocycles. The number of rotatable bonds is 10. The van der Waals surface area contributed by atoms with Crippen molar-refractivity contribution in [1.82, 2.24) is 19.9 Å². The minimum absolute atomic E-state index is 0.614. The fourth-order valence-corrected chi connectivity index (χ4v) is 7.77. The van der Waals surface area contributed by atoms with Gasteiger partial charge in [-0.2, -0.15) is 0 Å². The van der Waals surface area contributed by atoms with Gasteiger partial charge >= 0.3 is 0 Å². The quantitative estimate of drug-likeness (QED) is 0.127. The van der Waals surface area contributed by atoms with Crippen molar-refractivity contribution in [2.24, 2.45) is 0 Å². The molecule has 6 aromatic carbocycles. The third-order valence-electron chi connectivity index (χ3n) is 10.7. The minimum atomic E-state index is 0.614. The van der Waals surface area contributed by atoms with Crippen LogP contribution in [0, 0.1) is 0 Å². The Morgan fingerprint density at radius 1 is 0.350 bits per heavy atom. The van der Waals surface area contributed by atoms with Crippen molar-refractivity contribution in [1.29, 1.82) is 0 Å². The first-order valence-electron chi connectivity index (χ1n) is 19.5. The van der Waals surface area contributed by atoms with Crippen molar-refractivity contribution < 1.29 is 18.9 Å². The van der Waals surface area contributed by atoms with Crippen LogP contribution in [-0.2, 0) is 0 Å². The number of fused-ring (bicyclic) bond motifs is 2. The summed E-state index contributed by atoms with van der Waals surface area (Å²) in [7, 11) is 6.71. The van der Waals surface area contributed by atoms with Gasteiger partial charge in [-0.3, -0.25) is 9.97 Å². The molecule has 0 atom stereocenters. The topological polar surface area (TPSA) is 88.5 Å². The molecule has 0 spiro atoms. The van der Waals surface area contributed by atoms with E-state index in [1.807, 2.05) is 84.9 Å². The monoisotopic (exact) mass is 784 g/mol. The second-order valence-electron chi connectivity index (χ2n) is 14.0. The Bertz CT molecular complexity index is 2770.